The summed E-state index contributed by atoms with van der Waals surface area (Å²) in [4.78, 5) is 45.2. The number of hydrogen-bond donors (Lipinski definition) is 1. The number of amides is 4. The summed E-state index contributed by atoms with van der Waals surface area (Å²) in [5.74, 6) is 0.234. The monoisotopic (exact) mass is 452 g/mol. The van der Waals surface area contributed by atoms with Crippen LogP contribution in [0.3, 0.4) is 0 Å². The van der Waals surface area contributed by atoms with E-state index in [0.29, 0.717) is 30.0 Å². The van der Waals surface area contributed by atoms with E-state index in [1.807, 2.05) is 12.1 Å². The number of nitrogens with one attached hydrogen (secondary N) is 1. The molecule has 1 aliphatic heterocycles. The first-order valence-corrected chi connectivity index (χ1v) is 11.0. The van der Waals surface area contributed by atoms with Gasteiger partial charge in [0, 0.05) is 36.8 Å². The fourth-order valence-electron chi connectivity index (χ4n) is 4.53. The number of anilines is 1. The lowest BCUT2D eigenvalue weighted by atomic mass is 9.81. The predicted octanol–water partition coefficient (Wildman–Crippen LogP) is 3.20. The Balaban J connectivity index is 1.43. The number of likely N-dealkylation sites (N-methyl/N-ethyl adjacent to an activating group) is 1. The van der Waals surface area contributed by atoms with Crippen molar-refractivity contribution in [1.82, 2.24) is 14.8 Å². The Morgan fingerprint density at radius 2 is 1.94 bits per heavy atom. The molecule has 174 valence electrons. The van der Waals surface area contributed by atoms with Gasteiger partial charge in [0.05, 0.1) is 7.11 Å². The molecule has 1 saturated carbocycles. The molecule has 1 saturated heterocycles. The van der Waals surface area contributed by atoms with Crippen molar-refractivity contribution in [2.24, 2.45) is 0 Å². The van der Waals surface area contributed by atoms with Crippen LogP contribution in [0.15, 0.2) is 42.7 Å². The fourth-order valence-corrected chi connectivity index (χ4v) is 4.53. The van der Waals surface area contributed by atoms with Gasteiger partial charge in [-0.3, -0.25) is 19.5 Å². The van der Waals surface area contributed by atoms with Gasteiger partial charge in [-0.05, 0) is 31.0 Å². The van der Waals surface area contributed by atoms with Crippen molar-refractivity contribution in [2.45, 2.75) is 44.2 Å². The van der Waals surface area contributed by atoms with Crippen LogP contribution in [-0.2, 0) is 16.2 Å². The van der Waals surface area contributed by atoms with E-state index in [1.54, 1.807) is 37.6 Å². The van der Waals surface area contributed by atoms with E-state index in [-0.39, 0.29) is 19.1 Å². The molecular weight excluding hydrogens is 424 g/mol. The summed E-state index contributed by atoms with van der Waals surface area (Å²) in [5.41, 5.74) is 0.561. The normalized spacial score (nSPS) is 17.4. The first-order valence-electron chi connectivity index (χ1n) is 11.0. The van der Waals surface area contributed by atoms with Crippen LogP contribution >= 0.6 is 0 Å². The maximum atomic E-state index is 13.1. The Bertz CT molecular complexity index is 1040. The lowest BCUT2D eigenvalue weighted by Crippen LogP contribution is -2.49. The van der Waals surface area contributed by atoms with Gasteiger partial charge in [-0.1, -0.05) is 25.3 Å². The quantitative estimate of drug-likeness (QED) is 0.648. The fraction of sp³-hybridized carbons (Fsp3) is 0.417. The molecule has 0 radical (unpaired) electrons. The van der Waals surface area contributed by atoms with E-state index in [4.69, 9.17) is 9.47 Å². The number of carbonyl (C=O) groups is 3. The number of methoxy groups -OCH3 is 1. The van der Waals surface area contributed by atoms with Crippen LogP contribution < -0.4 is 14.8 Å². The van der Waals surface area contributed by atoms with Crippen molar-refractivity contribution in [3.05, 3.63) is 48.3 Å². The van der Waals surface area contributed by atoms with Crippen molar-refractivity contribution < 1.29 is 23.9 Å². The minimum atomic E-state index is -0.803. The summed E-state index contributed by atoms with van der Waals surface area (Å²) in [7, 11) is 3.19. The first kappa shape index (κ1) is 22.6. The number of rotatable bonds is 7. The predicted molar refractivity (Wildman–Crippen MR) is 121 cm³/mol. The number of imide groups is 1. The average Bonchev–Trinajstić information content (AvgIpc) is 3.00. The van der Waals surface area contributed by atoms with E-state index in [2.05, 4.69) is 10.3 Å². The molecule has 9 heteroatoms. The molecule has 2 aliphatic rings. The van der Waals surface area contributed by atoms with Crippen LogP contribution in [0.25, 0.3) is 0 Å². The van der Waals surface area contributed by atoms with E-state index in [0.717, 1.165) is 29.7 Å². The van der Waals surface area contributed by atoms with Crippen LogP contribution in [0.5, 0.6) is 11.5 Å². The van der Waals surface area contributed by atoms with Crippen LogP contribution in [-0.4, -0.2) is 58.9 Å². The number of nitrogens with zero attached hydrogens (tertiary/aromatic N) is 3. The third kappa shape index (κ3) is 4.48. The second-order valence-corrected chi connectivity index (χ2v) is 8.39. The molecule has 0 unspecified atom stereocenters. The molecule has 0 atom stereocenters. The van der Waals surface area contributed by atoms with E-state index in [9.17, 15) is 14.4 Å². The van der Waals surface area contributed by atoms with Crippen molar-refractivity contribution >= 4 is 23.5 Å². The van der Waals surface area contributed by atoms with Crippen LogP contribution in [0.4, 0.5) is 10.5 Å². The van der Waals surface area contributed by atoms with Gasteiger partial charge >= 0.3 is 6.03 Å². The molecular formula is C24H28N4O5. The smallest absolute Gasteiger partial charge is 0.327 e. The SMILES string of the molecule is COc1ccc(NC(=O)CN2C(=O)N(C)C3(CCCCC3)C2=O)cc1OCc1cccnc1. The van der Waals surface area contributed by atoms with Crippen LogP contribution in [0, 0.1) is 0 Å². The van der Waals surface area contributed by atoms with Crippen molar-refractivity contribution in [3.8, 4) is 11.5 Å². The van der Waals surface area contributed by atoms with Gasteiger partial charge in [0.2, 0.25) is 5.91 Å². The summed E-state index contributed by atoms with van der Waals surface area (Å²) >= 11 is 0. The Kier molecular flexibility index (Phi) is 6.48. The molecule has 33 heavy (non-hydrogen) atoms. The molecule has 2 heterocycles. The van der Waals surface area contributed by atoms with E-state index in [1.165, 1.54) is 12.0 Å². The second kappa shape index (κ2) is 9.48. The first-order chi connectivity index (χ1) is 15.9. The Labute approximate surface area is 192 Å². The highest BCUT2D eigenvalue weighted by molar-refractivity contribution is 6.10. The number of aromatic nitrogens is 1. The van der Waals surface area contributed by atoms with Gasteiger partial charge < -0.3 is 19.7 Å². The molecule has 2 aromatic rings. The standard InChI is InChI=1S/C24H28N4O5/c1-27-23(31)28(22(30)24(27)10-4-3-5-11-24)15-21(29)26-18-8-9-19(32-2)20(13-18)33-16-17-7-6-12-25-14-17/h6-9,12-14H,3-5,10-11,15-16H2,1-2H3,(H,26,29). The average molecular weight is 453 g/mol. The van der Waals surface area contributed by atoms with Crippen molar-refractivity contribution in [2.75, 3.05) is 26.0 Å². The second-order valence-electron chi connectivity index (χ2n) is 8.39. The number of benzene rings is 1. The van der Waals surface area contributed by atoms with Crippen LogP contribution in [0.2, 0.25) is 0 Å². The van der Waals surface area contributed by atoms with E-state index < -0.39 is 17.5 Å². The minimum absolute atomic E-state index is 0.278. The van der Waals surface area contributed by atoms with Gasteiger partial charge in [-0.2, -0.15) is 0 Å². The molecule has 0 bridgehead atoms. The number of carbonyl (C=O) groups excluding carboxylic acids is 3. The Morgan fingerprint density at radius 3 is 2.64 bits per heavy atom. The molecule has 1 aromatic heterocycles. The summed E-state index contributed by atoms with van der Waals surface area (Å²) in [6, 6.07) is 8.30. The Morgan fingerprint density at radius 1 is 1.15 bits per heavy atom. The van der Waals surface area contributed by atoms with Gasteiger partial charge in [0.15, 0.2) is 11.5 Å². The zero-order valence-corrected chi connectivity index (χ0v) is 18.9. The number of pyridine rings is 1. The summed E-state index contributed by atoms with van der Waals surface area (Å²) in [5, 5.41) is 2.75. The highest BCUT2D eigenvalue weighted by Crippen LogP contribution is 2.39. The molecule has 4 rings (SSSR count). The zero-order chi connectivity index (χ0) is 23.4. The van der Waals surface area contributed by atoms with Gasteiger partial charge in [-0.15, -0.1) is 0 Å². The molecule has 9 nitrogen and oxygen atoms in total. The molecule has 1 aromatic carbocycles. The third-order valence-electron chi connectivity index (χ3n) is 6.35. The number of hydrogen-bond acceptors (Lipinski definition) is 6. The van der Waals surface area contributed by atoms with Gasteiger partial charge in [0.25, 0.3) is 5.91 Å². The molecule has 4 amide bonds. The minimum Gasteiger partial charge on any atom is -0.493 e. The molecule has 1 spiro atoms. The maximum Gasteiger partial charge on any atom is 0.327 e. The number of ether oxygens (including phenoxy) is 2. The zero-order valence-electron chi connectivity index (χ0n) is 18.9. The summed E-state index contributed by atoms with van der Waals surface area (Å²) < 4.78 is 11.2. The lowest BCUT2D eigenvalue weighted by molar-refractivity contribution is -0.136. The summed E-state index contributed by atoms with van der Waals surface area (Å²) in [6.07, 6.45) is 7.53. The lowest BCUT2D eigenvalue weighted by Gasteiger charge is -2.35. The number of urea groups is 1. The molecule has 1 aliphatic carbocycles. The Hall–Kier alpha value is -3.62. The van der Waals surface area contributed by atoms with E-state index >= 15 is 0 Å². The topological polar surface area (TPSA) is 101 Å². The summed E-state index contributed by atoms with van der Waals surface area (Å²) in [6.45, 7) is -0.0472. The molecule has 1 N–H and O–H groups in total. The van der Waals surface area contributed by atoms with Crippen molar-refractivity contribution in [3.63, 3.8) is 0 Å². The molecule has 2 fully saturated rings. The largest absolute Gasteiger partial charge is 0.493 e. The van der Waals surface area contributed by atoms with Crippen molar-refractivity contribution in [1.29, 1.82) is 0 Å². The van der Waals surface area contributed by atoms with Gasteiger partial charge in [0.1, 0.15) is 18.7 Å². The van der Waals surface area contributed by atoms with Gasteiger partial charge in [-0.25, -0.2) is 4.79 Å². The maximum absolute atomic E-state index is 13.1. The van der Waals surface area contributed by atoms with Crippen LogP contribution in [0.1, 0.15) is 37.7 Å². The highest BCUT2D eigenvalue weighted by Gasteiger charge is 2.55. The third-order valence-corrected chi connectivity index (χ3v) is 6.35. The highest BCUT2D eigenvalue weighted by atomic mass is 16.5.